The zero-order valence-electron chi connectivity index (χ0n) is 7.51. The van der Waals surface area contributed by atoms with Crippen LogP contribution < -0.4 is 0 Å². The van der Waals surface area contributed by atoms with E-state index in [1.807, 2.05) is 0 Å². The van der Waals surface area contributed by atoms with Gasteiger partial charge in [-0.25, -0.2) is 8.78 Å². The van der Waals surface area contributed by atoms with Crippen molar-refractivity contribution in [1.82, 2.24) is 9.55 Å². The molecule has 0 spiro atoms. The summed E-state index contributed by atoms with van der Waals surface area (Å²) in [4.78, 5) is 2.83. The Hall–Kier alpha value is -0.940. The summed E-state index contributed by atoms with van der Waals surface area (Å²) in [5.74, 6) is 0. The van der Waals surface area contributed by atoms with Gasteiger partial charge >= 0.3 is 0 Å². The SMILES string of the molecule is FC(F)Cn1c(=S)[nH]c2cccc(Cl)c21. The molecule has 0 unspecified atom stereocenters. The molecule has 1 heterocycles. The molecule has 0 atom stereocenters. The first-order valence-electron chi connectivity index (χ1n) is 4.25. The van der Waals surface area contributed by atoms with Gasteiger partial charge in [0.1, 0.15) is 0 Å². The molecule has 2 aromatic rings. The minimum absolute atomic E-state index is 0.262. The van der Waals surface area contributed by atoms with E-state index in [2.05, 4.69) is 4.98 Å². The van der Waals surface area contributed by atoms with Crippen molar-refractivity contribution in [2.24, 2.45) is 0 Å². The van der Waals surface area contributed by atoms with E-state index in [4.69, 9.17) is 23.8 Å². The molecule has 0 aliphatic rings. The molecule has 1 aromatic carbocycles. The summed E-state index contributed by atoms with van der Waals surface area (Å²) < 4.78 is 26.2. The summed E-state index contributed by atoms with van der Waals surface area (Å²) in [6, 6.07) is 5.14. The fourth-order valence-corrected chi connectivity index (χ4v) is 2.04. The van der Waals surface area contributed by atoms with E-state index in [9.17, 15) is 8.78 Å². The average molecular weight is 249 g/mol. The van der Waals surface area contributed by atoms with Gasteiger partial charge < -0.3 is 9.55 Å². The maximum absolute atomic E-state index is 12.3. The van der Waals surface area contributed by atoms with Gasteiger partial charge in [0.2, 0.25) is 0 Å². The van der Waals surface area contributed by atoms with Gasteiger partial charge in [-0.15, -0.1) is 0 Å². The van der Waals surface area contributed by atoms with Crippen LogP contribution in [0.25, 0.3) is 11.0 Å². The molecule has 0 amide bonds. The second-order valence-electron chi connectivity index (χ2n) is 3.07. The van der Waals surface area contributed by atoms with Crippen LogP contribution in [0, 0.1) is 4.77 Å². The van der Waals surface area contributed by atoms with Gasteiger partial charge in [0.05, 0.1) is 22.6 Å². The van der Waals surface area contributed by atoms with Gasteiger partial charge in [-0.05, 0) is 24.4 Å². The number of aromatic nitrogens is 2. The van der Waals surface area contributed by atoms with Gasteiger partial charge in [-0.1, -0.05) is 17.7 Å². The largest absolute Gasteiger partial charge is 0.331 e. The summed E-state index contributed by atoms with van der Waals surface area (Å²) in [6.45, 7) is -0.442. The van der Waals surface area contributed by atoms with Crippen LogP contribution in [0.3, 0.4) is 0 Å². The second kappa shape index (κ2) is 3.90. The molecule has 2 nitrogen and oxygen atoms in total. The summed E-state index contributed by atoms with van der Waals surface area (Å²) >= 11 is 10.9. The minimum Gasteiger partial charge on any atom is -0.331 e. The number of rotatable bonds is 2. The van der Waals surface area contributed by atoms with E-state index in [0.29, 0.717) is 16.1 Å². The number of hydrogen-bond donors (Lipinski definition) is 1. The number of aromatic amines is 1. The summed E-state index contributed by atoms with van der Waals surface area (Å²) in [7, 11) is 0. The van der Waals surface area contributed by atoms with Crippen LogP contribution in [0.1, 0.15) is 0 Å². The number of halogens is 3. The van der Waals surface area contributed by atoms with E-state index >= 15 is 0 Å². The van der Waals surface area contributed by atoms with E-state index < -0.39 is 13.0 Å². The van der Waals surface area contributed by atoms with Crippen LogP contribution in [-0.4, -0.2) is 16.0 Å². The Labute approximate surface area is 94.5 Å². The van der Waals surface area contributed by atoms with Crippen molar-refractivity contribution in [3.8, 4) is 0 Å². The van der Waals surface area contributed by atoms with Gasteiger partial charge in [-0.2, -0.15) is 0 Å². The number of para-hydroxylation sites is 1. The Morgan fingerprint density at radius 2 is 2.20 bits per heavy atom. The Kier molecular flexibility index (Phi) is 2.75. The van der Waals surface area contributed by atoms with Crippen molar-refractivity contribution in [3.05, 3.63) is 28.0 Å². The summed E-state index contributed by atoms with van der Waals surface area (Å²) in [6.07, 6.45) is -2.45. The first kappa shape index (κ1) is 10.6. The molecule has 1 aromatic heterocycles. The molecule has 80 valence electrons. The third kappa shape index (κ3) is 1.89. The van der Waals surface area contributed by atoms with Gasteiger partial charge in [0.25, 0.3) is 6.43 Å². The predicted octanol–water partition coefficient (Wildman–Crippen LogP) is 3.62. The second-order valence-corrected chi connectivity index (χ2v) is 3.86. The number of nitrogens with zero attached hydrogens (tertiary/aromatic N) is 1. The van der Waals surface area contributed by atoms with Crippen LogP contribution in [-0.2, 0) is 6.54 Å². The average Bonchev–Trinajstić information content (AvgIpc) is 2.43. The predicted molar refractivity (Wildman–Crippen MR) is 58.1 cm³/mol. The Bertz CT molecular complexity index is 547. The minimum atomic E-state index is -2.45. The van der Waals surface area contributed by atoms with Gasteiger partial charge in [-0.3, -0.25) is 0 Å². The fourth-order valence-electron chi connectivity index (χ4n) is 1.49. The van der Waals surface area contributed by atoms with Crippen LogP contribution in [0.2, 0.25) is 5.02 Å². The van der Waals surface area contributed by atoms with Crippen molar-refractivity contribution in [1.29, 1.82) is 0 Å². The topological polar surface area (TPSA) is 20.7 Å². The Morgan fingerprint density at radius 3 is 2.87 bits per heavy atom. The van der Waals surface area contributed by atoms with Crippen LogP contribution >= 0.6 is 23.8 Å². The number of benzene rings is 1. The highest BCUT2D eigenvalue weighted by Gasteiger charge is 2.11. The number of hydrogen-bond acceptors (Lipinski definition) is 1. The molecular weight excluding hydrogens is 242 g/mol. The van der Waals surface area contributed by atoms with Crippen molar-refractivity contribution in [2.75, 3.05) is 0 Å². The van der Waals surface area contributed by atoms with E-state index in [1.54, 1.807) is 18.2 Å². The molecule has 6 heteroatoms. The lowest BCUT2D eigenvalue weighted by atomic mass is 10.3. The maximum atomic E-state index is 12.3. The molecule has 0 aliphatic heterocycles. The zero-order valence-corrected chi connectivity index (χ0v) is 9.08. The van der Waals surface area contributed by atoms with E-state index in [-0.39, 0.29) is 4.77 Å². The Morgan fingerprint density at radius 1 is 1.47 bits per heavy atom. The Balaban J connectivity index is 2.71. The number of H-pyrrole nitrogens is 1. The number of nitrogens with one attached hydrogen (secondary N) is 1. The summed E-state index contributed by atoms with van der Waals surface area (Å²) in [5.41, 5.74) is 1.21. The normalized spacial score (nSPS) is 11.5. The van der Waals surface area contributed by atoms with Crippen LogP contribution in [0.15, 0.2) is 18.2 Å². The highest BCUT2D eigenvalue weighted by Crippen LogP contribution is 2.23. The van der Waals surface area contributed by atoms with E-state index in [1.165, 1.54) is 4.57 Å². The van der Waals surface area contributed by atoms with Gasteiger partial charge in [0.15, 0.2) is 4.77 Å². The first-order valence-corrected chi connectivity index (χ1v) is 5.03. The number of alkyl halides is 2. The number of imidazole rings is 1. The molecule has 0 aliphatic carbocycles. The van der Waals surface area contributed by atoms with E-state index in [0.717, 1.165) is 0 Å². The molecule has 0 saturated carbocycles. The fraction of sp³-hybridized carbons (Fsp3) is 0.222. The lowest BCUT2D eigenvalue weighted by molar-refractivity contribution is 0.127. The first-order chi connectivity index (χ1) is 7.09. The molecule has 0 bridgehead atoms. The maximum Gasteiger partial charge on any atom is 0.256 e. The van der Waals surface area contributed by atoms with Crippen molar-refractivity contribution in [2.45, 2.75) is 13.0 Å². The summed E-state index contributed by atoms with van der Waals surface area (Å²) in [5, 5.41) is 0.417. The van der Waals surface area contributed by atoms with Crippen molar-refractivity contribution in [3.63, 3.8) is 0 Å². The molecule has 1 N–H and O–H groups in total. The smallest absolute Gasteiger partial charge is 0.256 e. The molecular formula is C9H7ClF2N2S. The standard InChI is InChI=1S/C9H7ClF2N2S/c10-5-2-1-3-6-8(5)14(4-7(11)12)9(15)13-6/h1-3,7H,4H2,(H,13,15). The quantitative estimate of drug-likeness (QED) is 0.805. The monoisotopic (exact) mass is 248 g/mol. The lowest BCUT2D eigenvalue weighted by Gasteiger charge is -2.03. The van der Waals surface area contributed by atoms with Crippen LogP contribution in [0.4, 0.5) is 8.78 Å². The molecule has 2 rings (SSSR count). The van der Waals surface area contributed by atoms with Crippen molar-refractivity contribution < 1.29 is 8.78 Å². The van der Waals surface area contributed by atoms with Crippen LogP contribution in [0.5, 0.6) is 0 Å². The number of fused-ring (bicyclic) bond motifs is 1. The highest BCUT2D eigenvalue weighted by atomic mass is 35.5. The third-order valence-corrected chi connectivity index (χ3v) is 2.69. The highest BCUT2D eigenvalue weighted by molar-refractivity contribution is 7.71. The molecule has 0 fully saturated rings. The molecule has 0 saturated heterocycles. The zero-order chi connectivity index (χ0) is 11.0. The van der Waals surface area contributed by atoms with Crippen molar-refractivity contribution >= 4 is 34.9 Å². The lowest BCUT2D eigenvalue weighted by Crippen LogP contribution is -2.06. The molecule has 0 radical (unpaired) electrons. The van der Waals surface area contributed by atoms with Gasteiger partial charge in [0, 0.05) is 0 Å². The third-order valence-electron chi connectivity index (χ3n) is 2.06. The molecule has 15 heavy (non-hydrogen) atoms.